The maximum atomic E-state index is 12.6. The highest BCUT2D eigenvalue weighted by Crippen LogP contribution is 2.17. The van der Waals surface area contributed by atoms with Gasteiger partial charge in [0, 0.05) is 45.1 Å². The van der Waals surface area contributed by atoms with E-state index in [2.05, 4.69) is 10.5 Å². The van der Waals surface area contributed by atoms with E-state index in [1.807, 2.05) is 0 Å². The molecule has 0 bridgehead atoms. The predicted molar refractivity (Wildman–Crippen MR) is 104 cm³/mol. The monoisotopic (exact) mass is 420 g/mol. The van der Waals surface area contributed by atoms with Crippen LogP contribution in [0.1, 0.15) is 24.3 Å². The highest BCUT2D eigenvalue weighted by molar-refractivity contribution is 7.89. The summed E-state index contributed by atoms with van der Waals surface area (Å²) in [5.41, 5.74) is 0.623. The van der Waals surface area contributed by atoms with E-state index < -0.39 is 10.0 Å². The summed E-state index contributed by atoms with van der Waals surface area (Å²) in [4.78, 5) is 26.1. The third-order valence-corrected chi connectivity index (χ3v) is 6.59. The van der Waals surface area contributed by atoms with Crippen LogP contribution in [-0.4, -0.2) is 60.8 Å². The maximum Gasteiger partial charge on any atom is 0.243 e. The minimum atomic E-state index is -3.55. The van der Waals surface area contributed by atoms with Crippen molar-refractivity contribution in [3.8, 4) is 0 Å². The molecule has 0 radical (unpaired) electrons. The lowest BCUT2D eigenvalue weighted by Gasteiger charge is -2.34. The third kappa shape index (κ3) is 5.42. The molecule has 1 saturated heterocycles. The molecule has 1 fully saturated rings. The molecule has 0 spiro atoms. The molecular weight excluding hydrogens is 396 g/mol. The first-order valence-corrected chi connectivity index (χ1v) is 10.8. The lowest BCUT2D eigenvalue weighted by atomic mass is 10.2. The molecule has 0 atom stereocenters. The summed E-state index contributed by atoms with van der Waals surface area (Å²) in [6, 6.07) is 9.98. The van der Waals surface area contributed by atoms with Crippen molar-refractivity contribution in [1.29, 1.82) is 0 Å². The van der Waals surface area contributed by atoms with E-state index in [0.29, 0.717) is 24.5 Å². The van der Waals surface area contributed by atoms with Crippen LogP contribution in [0.4, 0.5) is 0 Å². The van der Waals surface area contributed by atoms with Crippen molar-refractivity contribution in [2.45, 2.75) is 31.2 Å². The van der Waals surface area contributed by atoms with Crippen LogP contribution in [0, 0.1) is 6.92 Å². The maximum absolute atomic E-state index is 12.6. The van der Waals surface area contributed by atoms with Gasteiger partial charge in [-0.1, -0.05) is 23.4 Å². The number of amides is 2. The summed E-state index contributed by atoms with van der Waals surface area (Å²) in [6.07, 6.45) is 0.146. The number of benzene rings is 1. The molecule has 1 aromatic carbocycles. The van der Waals surface area contributed by atoms with Crippen LogP contribution in [0.2, 0.25) is 0 Å². The smallest absolute Gasteiger partial charge is 0.243 e. The van der Waals surface area contributed by atoms with Crippen molar-refractivity contribution in [3.63, 3.8) is 0 Å². The quantitative estimate of drug-likeness (QED) is 0.713. The molecular formula is C19H24N4O5S. The Morgan fingerprint density at radius 3 is 2.41 bits per heavy atom. The SMILES string of the molecule is Cc1cc(CNC(=O)CCC(=O)N2CCN(S(=O)(=O)c3ccccc3)CC2)no1. The zero-order valence-electron chi connectivity index (χ0n) is 16.2. The van der Waals surface area contributed by atoms with E-state index in [-0.39, 0.29) is 49.2 Å². The van der Waals surface area contributed by atoms with Crippen LogP contribution in [0.3, 0.4) is 0 Å². The van der Waals surface area contributed by atoms with E-state index in [0.717, 1.165) is 0 Å². The summed E-state index contributed by atoms with van der Waals surface area (Å²) in [7, 11) is -3.55. The van der Waals surface area contributed by atoms with Crippen molar-refractivity contribution < 1.29 is 22.5 Å². The standard InChI is InChI=1S/C19H24N4O5S/c1-15-13-16(21-28-15)14-20-18(24)7-8-19(25)22-9-11-23(12-10-22)29(26,27)17-5-3-2-4-6-17/h2-6,13H,7-12,14H2,1H3,(H,20,24). The zero-order chi connectivity index (χ0) is 20.9. The average molecular weight is 420 g/mol. The van der Waals surface area contributed by atoms with E-state index in [1.165, 1.54) is 4.31 Å². The summed E-state index contributed by atoms with van der Waals surface area (Å²) < 4.78 is 31.6. The molecule has 10 heteroatoms. The van der Waals surface area contributed by atoms with Gasteiger partial charge in [0.25, 0.3) is 0 Å². The van der Waals surface area contributed by atoms with Crippen LogP contribution in [0.5, 0.6) is 0 Å². The van der Waals surface area contributed by atoms with Gasteiger partial charge in [-0.15, -0.1) is 0 Å². The van der Waals surface area contributed by atoms with Crippen molar-refractivity contribution in [1.82, 2.24) is 19.7 Å². The molecule has 0 aliphatic carbocycles. The van der Waals surface area contributed by atoms with Gasteiger partial charge >= 0.3 is 0 Å². The highest BCUT2D eigenvalue weighted by Gasteiger charge is 2.29. The van der Waals surface area contributed by atoms with Gasteiger partial charge in [-0.05, 0) is 19.1 Å². The Morgan fingerprint density at radius 1 is 1.10 bits per heavy atom. The molecule has 1 N–H and O–H groups in total. The number of aryl methyl sites for hydroxylation is 1. The number of carbonyl (C=O) groups excluding carboxylic acids is 2. The fourth-order valence-corrected chi connectivity index (χ4v) is 4.52. The van der Waals surface area contributed by atoms with Crippen molar-refractivity contribution >= 4 is 21.8 Å². The number of hydrogen-bond acceptors (Lipinski definition) is 6. The van der Waals surface area contributed by atoms with E-state index >= 15 is 0 Å². The lowest BCUT2D eigenvalue weighted by Crippen LogP contribution is -2.50. The minimum Gasteiger partial charge on any atom is -0.361 e. The number of hydrogen-bond donors (Lipinski definition) is 1. The fraction of sp³-hybridized carbons (Fsp3) is 0.421. The van der Waals surface area contributed by atoms with Crippen LogP contribution in [-0.2, 0) is 26.2 Å². The Bertz CT molecular complexity index is 950. The van der Waals surface area contributed by atoms with Crippen LogP contribution >= 0.6 is 0 Å². The molecule has 1 aliphatic heterocycles. The molecule has 2 amide bonds. The number of nitrogens with one attached hydrogen (secondary N) is 1. The molecule has 1 aliphatic rings. The second kappa shape index (κ2) is 9.19. The number of piperazine rings is 1. The Balaban J connectivity index is 1.42. The van der Waals surface area contributed by atoms with Gasteiger partial charge in [-0.3, -0.25) is 9.59 Å². The Labute approximate surface area is 169 Å². The normalized spacial score (nSPS) is 15.3. The van der Waals surface area contributed by atoms with E-state index in [9.17, 15) is 18.0 Å². The third-order valence-electron chi connectivity index (χ3n) is 4.68. The molecule has 0 unspecified atom stereocenters. The number of rotatable bonds is 7. The summed E-state index contributed by atoms with van der Waals surface area (Å²) in [6.45, 7) is 3.11. The highest BCUT2D eigenvalue weighted by atomic mass is 32.2. The van der Waals surface area contributed by atoms with E-state index in [1.54, 1.807) is 48.2 Å². The molecule has 156 valence electrons. The Morgan fingerprint density at radius 2 is 1.79 bits per heavy atom. The van der Waals surface area contributed by atoms with Crippen molar-refractivity contribution in [2.75, 3.05) is 26.2 Å². The van der Waals surface area contributed by atoms with Gasteiger partial charge in [0.05, 0.1) is 11.4 Å². The second-order valence-electron chi connectivity index (χ2n) is 6.80. The van der Waals surface area contributed by atoms with E-state index in [4.69, 9.17) is 4.52 Å². The first kappa shape index (κ1) is 21.0. The topological polar surface area (TPSA) is 113 Å². The molecule has 2 heterocycles. The molecule has 1 aromatic heterocycles. The predicted octanol–water partition coefficient (Wildman–Crippen LogP) is 0.913. The van der Waals surface area contributed by atoms with Crippen LogP contribution in [0.15, 0.2) is 45.8 Å². The summed E-state index contributed by atoms with van der Waals surface area (Å²) in [5, 5.41) is 6.48. The largest absolute Gasteiger partial charge is 0.361 e. The second-order valence-corrected chi connectivity index (χ2v) is 8.74. The van der Waals surface area contributed by atoms with Crippen LogP contribution < -0.4 is 5.32 Å². The van der Waals surface area contributed by atoms with Crippen molar-refractivity contribution in [2.24, 2.45) is 0 Å². The van der Waals surface area contributed by atoms with Gasteiger partial charge in [0.2, 0.25) is 21.8 Å². The van der Waals surface area contributed by atoms with Gasteiger partial charge < -0.3 is 14.7 Å². The summed E-state index contributed by atoms with van der Waals surface area (Å²) in [5.74, 6) is 0.260. The van der Waals surface area contributed by atoms with Crippen LogP contribution in [0.25, 0.3) is 0 Å². The first-order valence-electron chi connectivity index (χ1n) is 9.38. The number of nitrogens with zero attached hydrogens (tertiary/aromatic N) is 3. The molecule has 2 aromatic rings. The molecule has 9 nitrogen and oxygen atoms in total. The first-order chi connectivity index (χ1) is 13.9. The van der Waals surface area contributed by atoms with Gasteiger partial charge in [0.15, 0.2) is 0 Å². The number of sulfonamides is 1. The lowest BCUT2D eigenvalue weighted by molar-refractivity contribution is -0.134. The fourth-order valence-electron chi connectivity index (χ4n) is 3.08. The zero-order valence-corrected chi connectivity index (χ0v) is 17.0. The minimum absolute atomic E-state index is 0.0677. The molecule has 29 heavy (non-hydrogen) atoms. The van der Waals surface area contributed by atoms with Gasteiger partial charge in [-0.25, -0.2) is 8.42 Å². The number of aromatic nitrogens is 1. The number of carbonyl (C=O) groups is 2. The van der Waals surface area contributed by atoms with Gasteiger partial charge in [0.1, 0.15) is 11.5 Å². The molecule has 3 rings (SSSR count). The Kier molecular flexibility index (Phi) is 6.65. The Hall–Kier alpha value is -2.72. The molecule has 0 saturated carbocycles. The summed E-state index contributed by atoms with van der Waals surface area (Å²) >= 11 is 0. The average Bonchev–Trinajstić information content (AvgIpc) is 3.16. The van der Waals surface area contributed by atoms with Gasteiger partial charge in [-0.2, -0.15) is 4.31 Å². The van der Waals surface area contributed by atoms with Crippen molar-refractivity contribution in [3.05, 3.63) is 47.9 Å².